The molecular formula is C21H21N3O2. The van der Waals surface area contributed by atoms with Gasteiger partial charge >= 0.3 is 0 Å². The molecule has 0 saturated carbocycles. The van der Waals surface area contributed by atoms with E-state index in [4.69, 9.17) is 4.42 Å². The summed E-state index contributed by atoms with van der Waals surface area (Å²) in [5, 5.41) is 0. The molecule has 1 aliphatic carbocycles. The highest BCUT2D eigenvalue weighted by Gasteiger charge is 2.31. The van der Waals surface area contributed by atoms with E-state index in [0.717, 1.165) is 24.8 Å². The van der Waals surface area contributed by atoms with Gasteiger partial charge in [-0.25, -0.2) is 4.98 Å². The smallest absolute Gasteiger partial charge is 0.276 e. The number of aryl methyl sites for hydroxylation is 2. The first-order valence-corrected chi connectivity index (χ1v) is 8.92. The zero-order valence-electron chi connectivity index (χ0n) is 14.8. The number of carbonyl (C=O) groups is 1. The molecule has 0 aliphatic heterocycles. The lowest BCUT2D eigenvalue weighted by atomic mass is 9.86. The highest BCUT2D eigenvalue weighted by Crippen LogP contribution is 2.36. The van der Waals surface area contributed by atoms with Crippen molar-refractivity contribution in [2.45, 2.75) is 38.8 Å². The minimum atomic E-state index is -0.0955. The van der Waals surface area contributed by atoms with Crippen LogP contribution >= 0.6 is 0 Å². The molecule has 5 nitrogen and oxygen atoms in total. The molecule has 0 unspecified atom stereocenters. The quantitative estimate of drug-likeness (QED) is 0.713. The molecule has 1 atom stereocenters. The third-order valence-corrected chi connectivity index (χ3v) is 5.00. The van der Waals surface area contributed by atoms with Gasteiger partial charge in [0.1, 0.15) is 5.76 Å². The fourth-order valence-electron chi connectivity index (χ4n) is 3.71. The monoisotopic (exact) mass is 347 g/mol. The molecule has 132 valence electrons. The van der Waals surface area contributed by atoms with Crippen LogP contribution < -0.4 is 0 Å². The molecule has 1 aromatic carbocycles. The number of fused-ring (bicyclic) bond motifs is 1. The van der Waals surface area contributed by atoms with E-state index in [2.05, 4.69) is 28.2 Å². The minimum absolute atomic E-state index is 0.0313. The Morgan fingerprint density at radius 3 is 2.92 bits per heavy atom. The zero-order valence-corrected chi connectivity index (χ0v) is 14.8. The number of hydrogen-bond donors (Lipinski definition) is 0. The molecule has 0 spiro atoms. The first-order valence-electron chi connectivity index (χ1n) is 8.92. The number of nitrogens with zero attached hydrogens (tertiary/aromatic N) is 3. The minimum Gasteiger partial charge on any atom is -0.448 e. The van der Waals surface area contributed by atoms with Crippen molar-refractivity contribution in [3.8, 4) is 0 Å². The molecule has 1 aliphatic rings. The third-order valence-electron chi connectivity index (χ3n) is 5.00. The summed E-state index contributed by atoms with van der Waals surface area (Å²) in [7, 11) is 0. The average molecular weight is 347 g/mol. The van der Waals surface area contributed by atoms with Gasteiger partial charge in [-0.15, -0.1) is 0 Å². The van der Waals surface area contributed by atoms with Crippen LogP contribution in [0.1, 0.15) is 51.8 Å². The summed E-state index contributed by atoms with van der Waals surface area (Å²) in [6.45, 7) is 2.27. The van der Waals surface area contributed by atoms with Gasteiger partial charge in [0.15, 0.2) is 12.1 Å². The van der Waals surface area contributed by atoms with Crippen LogP contribution in [0.15, 0.2) is 59.6 Å². The van der Waals surface area contributed by atoms with Gasteiger partial charge in [0, 0.05) is 18.9 Å². The summed E-state index contributed by atoms with van der Waals surface area (Å²) >= 11 is 0. The van der Waals surface area contributed by atoms with Gasteiger partial charge in [-0.05, 0) is 48.9 Å². The maximum Gasteiger partial charge on any atom is 0.276 e. The highest BCUT2D eigenvalue weighted by atomic mass is 16.3. The van der Waals surface area contributed by atoms with E-state index in [1.165, 1.54) is 17.5 Å². The van der Waals surface area contributed by atoms with E-state index in [-0.39, 0.29) is 11.9 Å². The number of pyridine rings is 1. The number of hydrogen-bond acceptors (Lipinski definition) is 4. The van der Waals surface area contributed by atoms with Gasteiger partial charge in [-0.1, -0.05) is 30.3 Å². The molecule has 5 heteroatoms. The van der Waals surface area contributed by atoms with Crippen molar-refractivity contribution < 1.29 is 9.21 Å². The average Bonchev–Trinajstić information content (AvgIpc) is 3.12. The van der Waals surface area contributed by atoms with E-state index in [1.807, 2.05) is 29.3 Å². The molecule has 0 fully saturated rings. The molecular weight excluding hydrogens is 326 g/mol. The van der Waals surface area contributed by atoms with Gasteiger partial charge in [0.25, 0.3) is 5.91 Å². The second kappa shape index (κ2) is 7.12. The van der Waals surface area contributed by atoms with Crippen molar-refractivity contribution in [3.63, 3.8) is 0 Å². The summed E-state index contributed by atoms with van der Waals surface area (Å²) < 4.78 is 5.27. The summed E-state index contributed by atoms with van der Waals surface area (Å²) in [6, 6.07) is 12.3. The molecule has 3 aromatic rings. The topological polar surface area (TPSA) is 59.2 Å². The zero-order chi connectivity index (χ0) is 17.9. The van der Waals surface area contributed by atoms with E-state index in [9.17, 15) is 4.79 Å². The van der Waals surface area contributed by atoms with Crippen LogP contribution in [-0.4, -0.2) is 20.8 Å². The Balaban J connectivity index is 1.74. The number of rotatable bonds is 4. The van der Waals surface area contributed by atoms with Gasteiger partial charge in [-0.2, -0.15) is 0 Å². The van der Waals surface area contributed by atoms with Gasteiger partial charge in [0.05, 0.1) is 6.04 Å². The normalized spacial score (nSPS) is 16.1. The van der Waals surface area contributed by atoms with E-state index >= 15 is 0 Å². The summed E-state index contributed by atoms with van der Waals surface area (Å²) in [5.74, 6) is 0.456. The second-order valence-electron chi connectivity index (χ2n) is 6.66. The fourth-order valence-corrected chi connectivity index (χ4v) is 3.71. The standard InChI is InChI=1S/C21H21N3O2/c1-15-20(23-14-26-15)21(25)24(13-16-6-5-11-22-12-16)19-10-4-8-17-7-2-3-9-18(17)19/h2-3,5-7,9,11-12,14,19H,4,8,10,13H2,1H3/t19-/m1/s1. The van der Waals surface area contributed by atoms with Crippen molar-refractivity contribution in [1.29, 1.82) is 0 Å². The van der Waals surface area contributed by atoms with E-state index in [1.54, 1.807) is 13.1 Å². The van der Waals surface area contributed by atoms with Crippen LogP contribution in [0.3, 0.4) is 0 Å². The lowest BCUT2D eigenvalue weighted by Gasteiger charge is -2.35. The molecule has 0 bridgehead atoms. The van der Waals surface area contributed by atoms with E-state index < -0.39 is 0 Å². The van der Waals surface area contributed by atoms with E-state index in [0.29, 0.717) is 18.0 Å². The van der Waals surface area contributed by atoms with Gasteiger partial charge < -0.3 is 9.32 Å². The number of carbonyl (C=O) groups excluding carboxylic acids is 1. The lowest BCUT2D eigenvalue weighted by Crippen LogP contribution is -2.36. The number of aromatic nitrogens is 2. The lowest BCUT2D eigenvalue weighted by molar-refractivity contribution is 0.0630. The molecule has 0 saturated heterocycles. The van der Waals surface area contributed by atoms with Crippen molar-refractivity contribution >= 4 is 5.91 Å². The SMILES string of the molecule is Cc1ocnc1C(=O)N(Cc1cccnc1)[C@@H]1CCCc2ccccc21. The van der Waals surface area contributed by atoms with Crippen LogP contribution in [0.5, 0.6) is 0 Å². The first kappa shape index (κ1) is 16.5. The largest absolute Gasteiger partial charge is 0.448 e. The third kappa shape index (κ3) is 3.12. The number of benzene rings is 1. The molecule has 2 heterocycles. The van der Waals surface area contributed by atoms with Crippen molar-refractivity contribution in [2.24, 2.45) is 0 Å². The highest BCUT2D eigenvalue weighted by molar-refractivity contribution is 5.93. The van der Waals surface area contributed by atoms with Crippen molar-refractivity contribution in [1.82, 2.24) is 14.9 Å². The Kier molecular flexibility index (Phi) is 4.52. The molecule has 2 aromatic heterocycles. The Bertz CT molecular complexity index is 904. The fraction of sp³-hybridized carbons (Fsp3) is 0.286. The van der Waals surface area contributed by atoms with Crippen molar-refractivity contribution in [2.75, 3.05) is 0 Å². The van der Waals surface area contributed by atoms with Crippen LogP contribution in [0.25, 0.3) is 0 Å². The number of amides is 1. The van der Waals surface area contributed by atoms with Gasteiger partial charge in [-0.3, -0.25) is 9.78 Å². The first-order chi connectivity index (χ1) is 12.7. The molecule has 0 radical (unpaired) electrons. The Morgan fingerprint density at radius 2 is 2.15 bits per heavy atom. The summed E-state index contributed by atoms with van der Waals surface area (Å²) in [5.41, 5.74) is 3.95. The summed E-state index contributed by atoms with van der Waals surface area (Å²) in [6.07, 6.45) is 7.96. The Hall–Kier alpha value is -2.95. The van der Waals surface area contributed by atoms with Crippen molar-refractivity contribution in [3.05, 3.63) is 83.3 Å². The Morgan fingerprint density at radius 1 is 1.27 bits per heavy atom. The Labute approximate surface area is 152 Å². The molecule has 26 heavy (non-hydrogen) atoms. The van der Waals surface area contributed by atoms with Gasteiger partial charge in [0.2, 0.25) is 0 Å². The van der Waals surface area contributed by atoms with Crippen LogP contribution in [0.4, 0.5) is 0 Å². The second-order valence-corrected chi connectivity index (χ2v) is 6.66. The molecule has 1 amide bonds. The van der Waals surface area contributed by atoms with Crippen LogP contribution in [-0.2, 0) is 13.0 Å². The number of oxazole rings is 1. The maximum absolute atomic E-state index is 13.3. The molecule has 0 N–H and O–H groups in total. The maximum atomic E-state index is 13.3. The predicted molar refractivity (Wildman–Crippen MR) is 97.5 cm³/mol. The van der Waals surface area contributed by atoms with Crippen LogP contribution in [0, 0.1) is 6.92 Å². The molecule has 4 rings (SSSR count). The van der Waals surface area contributed by atoms with Crippen LogP contribution in [0.2, 0.25) is 0 Å². The predicted octanol–water partition coefficient (Wildman–Crippen LogP) is 4.10. The summed E-state index contributed by atoms with van der Waals surface area (Å²) in [4.78, 5) is 23.6.